The van der Waals surface area contributed by atoms with Gasteiger partial charge in [0.2, 0.25) is 5.91 Å². The summed E-state index contributed by atoms with van der Waals surface area (Å²) in [6.45, 7) is 3.60. The Morgan fingerprint density at radius 1 is 1.17 bits per heavy atom. The lowest BCUT2D eigenvalue weighted by Crippen LogP contribution is -2.33. The highest BCUT2D eigenvalue weighted by Gasteiger charge is 2.20. The summed E-state index contributed by atoms with van der Waals surface area (Å²) in [5.41, 5.74) is 1.97. The summed E-state index contributed by atoms with van der Waals surface area (Å²) in [7, 11) is 4.09. The molecule has 0 saturated carbocycles. The van der Waals surface area contributed by atoms with Gasteiger partial charge in [-0.05, 0) is 63.8 Å². The van der Waals surface area contributed by atoms with E-state index in [4.69, 9.17) is 16.6 Å². The van der Waals surface area contributed by atoms with Crippen LogP contribution in [0.1, 0.15) is 18.4 Å². The second-order valence-corrected chi connectivity index (χ2v) is 9.79. The third-order valence-electron chi connectivity index (χ3n) is 4.49. The van der Waals surface area contributed by atoms with Gasteiger partial charge in [0.05, 0.1) is 10.2 Å². The third-order valence-corrected chi connectivity index (χ3v) is 6.74. The van der Waals surface area contributed by atoms with Crippen molar-refractivity contribution in [1.29, 1.82) is 0 Å². The number of aryl methyl sites for hydroxylation is 1. The molecule has 29 heavy (non-hydrogen) atoms. The fraction of sp³-hybridized carbons (Fsp3) is 0.364. The van der Waals surface area contributed by atoms with Gasteiger partial charge in [0.25, 0.3) is 0 Å². The topological polar surface area (TPSA) is 36.4 Å². The van der Waals surface area contributed by atoms with E-state index in [2.05, 4.69) is 17.0 Å². The molecule has 0 N–H and O–H groups in total. The molecule has 3 rings (SSSR count). The number of benzene rings is 2. The van der Waals surface area contributed by atoms with Crippen LogP contribution in [0.3, 0.4) is 0 Å². The number of amides is 1. The van der Waals surface area contributed by atoms with E-state index in [1.165, 1.54) is 16.2 Å². The molecule has 0 atom stereocenters. The van der Waals surface area contributed by atoms with E-state index in [-0.39, 0.29) is 5.91 Å². The summed E-state index contributed by atoms with van der Waals surface area (Å²) in [6.07, 6.45) is 1.39. The molecule has 3 aromatic rings. The van der Waals surface area contributed by atoms with Gasteiger partial charge in [0, 0.05) is 28.6 Å². The van der Waals surface area contributed by atoms with Crippen LogP contribution >= 0.6 is 34.7 Å². The predicted molar refractivity (Wildman–Crippen MR) is 127 cm³/mol. The highest BCUT2D eigenvalue weighted by molar-refractivity contribution is 7.99. The number of fused-ring (bicyclic) bond motifs is 1. The van der Waals surface area contributed by atoms with Gasteiger partial charge in [-0.2, -0.15) is 0 Å². The summed E-state index contributed by atoms with van der Waals surface area (Å²) < 4.78 is 1.02. The van der Waals surface area contributed by atoms with E-state index < -0.39 is 0 Å². The number of carbonyl (C=O) groups is 1. The van der Waals surface area contributed by atoms with Crippen LogP contribution in [0.4, 0.5) is 5.13 Å². The van der Waals surface area contributed by atoms with Crippen molar-refractivity contribution in [3.63, 3.8) is 0 Å². The molecule has 0 unspecified atom stereocenters. The molecule has 0 fully saturated rings. The number of halogens is 1. The fourth-order valence-corrected chi connectivity index (χ4v) is 5.36. The molecule has 0 aliphatic heterocycles. The van der Waals surface area contributed by atoms with Crippen molar-refractivity contribution in [3.8, 4) is 0 Å². The van der Waals surface area contributed by atoms with Crippen LogP contribution in [0.2, 0.25) is 5.02 Å². The summed E-state index contributed by atoms with van der Waals surface area (Å²) in [5.74, 6) is 0.873. The Bertz CT molecular complexity index is 959. The standard InChI is InChI=1S/C22H26ClN3OS2/c1-16-14-17(23)15-19-21(16)24-22(29-19)26(12-7-11-25(2)3)20(27)10-13-28-18-8-5-4-6-9-18/h4-6,8-9,14-15H,7,10-13H2,1-3H3. The van der Waals surface area contributed by atoms with Gasteiger partial charge in [-0.3, -0.25) is 9.69 Å². The minimum absolute atomic E-state index is 0.120. The minimum atomic E-state index is 0.120. The van der Waals surface area contributed by atoms with Crippen molar-refractivity contribution in [3.05, 3.63) is 53.1 Å². The van der Waals surface area contributed by atoms with Gasteiger partial charge >= 0.3 is 0 Å². The molecular formula is C22H26ClN3OS2. The smallest absolute Gasteiger partial charge is 0.229 e. The molecule has 2 aromatic carbocycles. The summed E-state index contributed by atoms with van der Waals surface area (Å²) in [4.78, 5) is 23.0. The van der Waals surface area contributed by atoms with Gasteiger partial charge in [-0.1, -0.05) is 41.1 Å². The summed E-state index contributed by atoms with van der Waals surface area (Å²) in [5, 5.41) is 1.47. The number of anilines is 1. The lowest BCUT2D eigenvalue weighted by Gasteiger charge is -2.21. The lowest BCUT2D eigenvalue weighted by molar-refractivity contribution is -0.118. The molecule has 0 aliphatic carbocycles. The van der Waals surface area contributed by atoms with Crippen LogP contribution in [-0.4, -0.2) is 48.7 Å². The van der Waals surface area contributed by atoms with E-state index >= 15 is 0 Å². The SMILES string of the molecule is Cc1cc(Cl)cc2sc(N(CCCN(C)C)C(=O)CCSc3ccccc3)nc12. The van der Waals surface area contributed by atoms with E-state index in [1.807, 2.05) is 56.3 Å². The van der Waals surface area contributed by atoms with Gasteiger partial charge in [0.15, 0.2) is 5.13 Å². The molecule has 0 spiro atoms. The van der Waals surface area contributed by atoms with Crippen LogP contribution in [0, 0.1) is 6.92 Å². The maximum absolute atomic E-state index is 13.1. The van der Waals surface area contributed by atoms with Crippen molar-refractivity contribution < 1.29 is 4.79 Å². The van der Waals surface area contributed by atoms with Crippen LogP contribution in [0.5, 0.6) is 0 Å². The van der Waals surface area contributed by atoms with Crippen molar-refractivity contribution >= 4 is 56.0 Å². The first-order valence-corrected chi connectivity index (χ1v) is 11.8. The number of thioether (sulfide) groups is 1. The monoisotopic (exact) mass is 447 g/mol. The quantitative estimate of drug-likeness (QED) is 0.393. The molecule has 0 saturated heterocycles. The van der Waals surface area contributed by atoms with Crippen molar-refractivity contribution in [2.24, 2.45) is 0 Å². The molecule has 0 bridgehead atoms. The highest BCUT2D eigenvalue weighted by Crippen LogP contribution is 2.33. The molecule has 1 aromatic heterocycles. The zero-order valence-corrected chi connectivity index (χ0v) is 19.4. The number of nitrogens with zero attached hydrogens (tertiary/aromatic N) is 3. The van der Waals surface area contributed by atoms with Crippen molar-refractivity contribution in [2.75, 3.05) is 37.8 Å². The second-order valence-electron chi connectivity index (χ2n) is 7.18. The third kappa shape index (κ3) is 6.19. The van der Waals surface area contributed by atoms with E-state index in [0.717, 1.165) is 39.6 Å². The van der Waals surface area contributed by atoms with Crippen LogP contribution in [0.15, 0.2) is 47.4 Å². The van der Waals surface area contributed by atoms with Gasteiger partial charge in [-0.15, -0.1) is 11.8 Å². The minimum Gasteiger partial charge on any atom is -0.309 e. The maximum Gasteiger partial charge on any atom is 0.229 e. The summed E-state index contributed by atoms with van der Waals surface area (Å²) >= 11 is 9.46. The van der Waals surface area contributed by atoms with Gasteiger partial charge in [0.1, 0.15) is 0 Å². The Morgan fingerprint density at radius 3 is 2.66 bits per heavy atom. The van der Waals surface area contributed by atoms with Crippen molar-refractivity contribution in [1.82, 2.24) is 9.88 Å². The Hall–Kier alpha value is -1.60. The zero-order chi connectivity index (χ0) is 20.8. The van der Waals surface area contributed by atoms with Crippen LogP contribution < -0.4 is 4.90 Å². The van der Waals surface area contributed by atoms with E-state index in [1.54, 1.807) is 11.8 Å². The molecule has 4 nitrogen and oxygen atoms in total. The number of hydrogen-bond donors (Lipinski definition) is 0. The number of thiazole rings is 1. The first kappa shape index (κ1) is 22.1. The Labute approximate surface area is 185 Å². The fourth-order valence-electron chi connectivity index (χ4n) is 3.04. The maximum atomic E-state index is 13.1. The highest BCUT2D eigenvalue weighted by atomic mass is 35.5. The molecule has 1 amide bonds. The second kappa shape index (κ2) is 10.4. The average Bonchev–Trinajstić information content (AvgIpc) is 3.09. The first-order chi connectivity index (χ1) is 13.9. The van der Waals surface area contributed by atoms with Gasteiger partial charge in [-0.25, -0.2) is 4.98 Å². The first-order valence-electron chi connectivity index (χ1n) is 9.63. The Balaban J connectivity index is 1.74. The van der Waals surface area contributed by atoms with Crippen LogP contribution in [-0.2, 0) is 4.79 Å². The van der Waals surface area contributed by atoms with Gasteiger partial charge < -0.3 is 4.90 Å². The average molecular weight is 448 g/mol. The summed E-state index contributed by atoms with van der Waals surface area (Å²) in [6, 6.07) is 14.0. The molecule has 0 radical (unpaired) electrons. The molecule has 7 heteroatoms. The predicted octanol–water partition coefficient (Wildman–Crippen LogP) is 5.73. The van der Waals surface area contributed by atoms with Crippen LogP contribution in [0.25, 0.3) is 10.2 Å². The Kier molecular flexibility index (Phi) is 7.95. The molecule has 0 aliphatic rings. The molecular weight excluding hydrogens is 422 g/mol. The normalized spacial score (nSPS) is 11.3. The number of hydrogen-bond acceptors (Lipinski definition) is 5. The van der Waals surface area contributed by atoms with E-state index in [0.29, 0.717) is 18.0 Å². The number of rotatable bonds is 9. The number of aromatic nitrogens is 1. The molecule has 1 heterocycles. The van der Waals surface area contributed by atoms with E-state index in [9.17, 15) is 4.79 Å². The van der Waals surface area contributed by atoms with Crippen molar-refractivity contribution in [2.45, 2.75) is 24.7 Å². The lowest BCUT2D eigenvalue weighted by atomic mass is 10.2. The molecule has 154 valence electrons. The number of carbonyl (C=O) groups excluding carboxylic acids is 1. The largest absolute Gasteiger partial charge is 0.309 e. The Morgan fingerprint density at radius 2 is 1.93 bits per heavy atom. The zero-order valence-electron chi connectivity index (χ0n) is 17.0.